The molecule has 1 amide bonds. The number of aliphatic imine (C=N–C) groups is 1. The summed E-state index contributed by atoms with van der Waals surface area (Å²) in [4.78, 5) is 16.4. The van der Waals surface area contributed by atoms with Gasteiger partial charge in [0.2, 0.25) is 0 Å². The second-order valence-electron chi connectivity index (χ2n) is 5.28. The third-order valence-corrected chi connectivity index (χ3v) is 4.01. The third kappa shape index (κ3) is 4.12. The largest absolute Gasteiger partial charge is 0.507 e. The number of rotatable bonds is 5. The van der Waals surface area contributed by atoms with Crippen molar-refractivity contribution in [2.45, 2.75) is 0 Å². The number of phenols is 1. The number of hydrogen-bond acceptors (Lipinski definition) is 5. The molecule has 1 aromatic heterocycles. The van der Waals surface area contributed by atoms with E-state index in [1.165, 1.54) is 13.4 Å². The molecule has 132 valence electrons. The van der Waals surface area contributed by atoms with E-state index in [0.717, 1.165) is 4.47 Å². The van der Waals surface area contributed by atoms with Gasteiger partial charge in [-0.3, -0.25) is 9.79 Å². The minimum Gasteiger partial charge on any atom is -0.507 e. The topological polar surface area (TPSA) is 84.1 Å². The minimum atomic E-state index is -0.372. The first kappa shape index (κ1) is 17.8. The molecule has 26 heavy (non-hydrogen) atoms. The average molecular weight is 415 g/mol. The number of aromatic hydroxyl groups is 1. The van der Waals surface area contributed by atoms with E-state index in [0.29, 0.717) is 22.7 Å². The number of carbonyl (C=O) groups excluding carboxylic acids is 1. The Kier molecular flexibility index (Phi) is 5.38. The summed E-state index contributed by atoms with van der Waals surface area (Å²) in [6.07, 6.45) is 2.98. The van der Waals surface area contributed by atoms with Gasteiger partial charge in [0.15, 0.2) is 5.76 Å². The van der Waals surface area contributed by atoms with Crippen molar-refractivity contribution in [1.29, 1.82) is 0 Å². The number of benzene rings is 2. The first-order chi connectivity index (χ1) is 12.6. The lowest BCUT2D eigenvalue weighted by atomic mass is 10.2. The molecule has 0 atom stereocenters. The number of hydrogen-bond donors (Lipinski definition) is 2. The van der Waals surface area contributed by atoms with Gasteiger partial charge in [0.1, 0.15) is 11.5 Å². The van der Waals surface area contributed by atoms with Gasteiger partial charge in [-0.25, -0.2) is 0 Å². The summed E-state index contributed by atoms with van der Waals surface area (Å²) in [6, 6.07) is 13.4. The standard InChI is InChI=1S/C19H15BrN2O4/c1-25-18-10-14(21-11-12-9-13(20)4-7-16(12)23)5-6-15(18)22-19(24)17-3-2-8-26-17/h2-11,23H,1H3,(H,22,24). The SMILES string of the molecule is COc1cc(N=Cc2cc(Br)ccc2O)ccc1NC(=O)c1ccco1. The van der Waals surface area contributed by atoms with E-state index in [-0.39, 0.29) is 17.4 Å². The van der Waals surface area contributed by atoms with Crippen LogP contribution in [0.25, 0.3) is 0 Å². The Balaban J connectivity index is 1.81. The van der Waals surface area contributed by atoms with Crippen molar-refractivity contribution in [3.05, 3.63) is 70.6 Å². The highest BCUT2D eigenvalue weighted by Gasteiger charge is 2.12. The van der Waals surface area contributed by atoms with Crippen LogP contribution in [0.1, 0.15) is 16.1 Å². The van der Waals surface area contributed by atoms with Crippen LogP contribution in [0.15, 0.2) is 68.7 Å². The number of carbonyl (C=O) groups is 1. The molecule has 0 fully saturated rings. The molecule has 1 heterocycles. The number of nitrogens with one attached hydrogen (secondary N) is 1. The van der Waals surface area contributed by atoms with Gasteiger partial charge in [-0.05, 0) is 42.5 Å². The van der Waals surface area contributed by atoms with Gasteiger partial charge in [0.05, 0.1) is 24.7 Å². The van der Waals surface area contributed by atoms with E-state index >= 15 is 0 Å². The van der Waals surface area contributed by atoms with Gasteiger partial charge in [-0.1, -0.05) is 15.9 Å². The predicted molar refractivity (Wildman–Crippen MR) is 103 cm³/mol. The van der Waals surface area contributed by atoms with Crippen molar-refractivity contribution in [2.24, 2.45) is 4.99 Å². The van der Waals surface area contributed by atoms with E-state index in [1.807, 2.05) is 0 Å². The molecule has 0 saturated carbocycles. The van der Waals surface area contributed by atoms with Crippen LogP contribution in [0.2, 0.25) is 0 Å². The summed E-state index contributed by atoms with van der Waals surface area (Å²) in [5.74, 6) is 0.423. The highest BCUT2D eigenvalue weighted by molar-refractivity contribution is 9.10. The molecule has 6 nitrogen and oxygen atoms in total. The van der Waals surface area contributed by atoms with Crippen LogP contribution in [-0.4, -0.2) is 24.3 Å². The first-order valence-corrected chi connectivity index (χ1v) is 8.41. The zero-order valence-corrected chi connectivity index (χ0v) is 15.4. The molecule has 0 unspecified atom stereocenters. The Morgan fingerprint density at radius 3 is 2.85 bits per heavy atom. The van der Waals surface area contributed by atoms with Crippen LogP contribution >= 0.6 is 15.9 Å². The first-order valence-electron chi connectivity index (χ1n) is 7.62. The Labute approximate surface area is 158 Å². The maximum Gasteiger partial charge on any atom is 0.291 e. The molecule has 0 aliphatic rings. The molecule has 7 heteroatoms. The van der Waals surface area contributed by atoms with Gasteiger partial charge in [-0.2, -0.15) is 0 Å². The number of ether oxygens (including phenoxy) is 1. The molecule has 2 N–H and O–H groups in total. The van der Waals surface area contributed by atoms with Gasteiger partial charge < -0.3 is 19.6 Å². The van der Waals surface area contributed by atoms with Gasteiger partial charge in [0, 0.05) is 22.3 Å². The zero-order valence-electron chi connectivity index (χ0n) is 13.8. The lowest BCUT2D eigenvalue weighted by Crippen LogP contribution is -2.11. The molecule has 0 aliphatic carbocycles. The summed E-state index contributed by atoms with van der Waals surface area (Å²) in [5, 5.41) is 12.6. The molecule has 0 saturated heterocycles. The molecule has 3 aromatic rings. The fourth-order valence-electron chi connectivity index (χ4n) is 2.23. The van der Waals surface area contributed by atoms with Crippen molar-refractivity contribution in [1.82, 2.24) is 0 Å². The molecule has 0 aliphatic heterocycles. The Hall–Kier alpha value is -3.06. The molecule has 3 rings (SSSR count). The smallest absolute Gasteiger partial charge is 0.291 e. The lowest BCUT2D eigenvalue weighted by Gasteiger charge is -2.10. The number of methoxy groups -OCH3 is 1. The normalized spacial score (nSPS) is 10.8. The van der Waals surface area contributed by atoms with Crippen LogP contribution in [-0.2, 0) is 0 Å². The van der Waals surface area contributed by atoms with Crippen LogP contribution in [0.3, 0.4) is 0 Å². The van der Waals surface area contributed by atoms with E-state index in [1.54, 1.807) is 54.7 Å². The minimum absolute atomic E-state index is 0.131. The van der Waals surface area contributed by atoms with E-state index in [4.69, 9.17) is 9.15 Å². The summed E-state index contributed by atoms with van der Waals surface area (Å²) < 4.78 is 11.2. The van der Waals surface area contributed by atoms with Crippen molar-refractivity contribution in [3.8, 4) is 11.5 Å². The number of halogens is 1. The van der Waals surface area contributed by atoms with Crippen LogP contribution in [0, 0.1) is 0 Å². The Morgan fingerprint density at radius 2 is 2.12 bits per heavy atom. The summed E-state index contributed by atoms with van der Waals surface area (Å²) in [7, 11) is 1.51. The number of phenolic OH excluding ortho intramolecular Hbond substituents is 1. The highest BCUT2D eigenvalue weighted by Crippen LogP contribution is 2.30. The highest BCUT2D eigenvalue weighted by atomic mass is 79.9. The molecular weight excluding hydrogens is 400 g/mol. The van der Waals surface area contributed by atoms with E-state index in [9.17, 15) is 9.90 Å². The summed E-state index contributed by atoms with van der Waals surface area (Å²) >= 11 is 3.35. The molecular formula is C19H15BrN2O4. The Bertz CT molecular complexity index is 952. The number of nitrogens with zero attached hydrogens (tertiary/aromatic N) is 1. The van der Waals surface area contributed by atoms with Crippen molar-refractivity contribution < 1.29 is 19.1 Å². The number of amides is 1. The Morgan fingerprint density at radius 1 is 1.27 bits per heavy atom. The number of anilines is 1. The van der Waals surface area contributed by atoms with Gasteiger partial charge >= 0.3 is 0 Å². The summed E-state index contributed by atoms with van der Waals surface area (Å²) in [5.41, 5.74) is 1.68. The van der Waals surface area contributed by atoms with Gasteiger partial charge in [0.25, 0.3) is 5.91 Å². The third-order valence-electron chi connectivity index (χ3n) is 3.52. The second-order valence-corrected chi connectivity index (χ2v) is 6.19. The summed E-state index contributed by atoms with van der Waals surface area (Å²) in [6.45, 7) is 0. The maximum absolute atomic E-state index is 12.1. The molecule has 2 aromatic carbocycles. The molecule has 0 spiro atoms. The van der Waals surface area contributed by atoms with Crippen molar-refractivity contribution >= 4 is 39.4 Å². The number of furan rings is 1. The van der Waals surface area contributed by atoms with Crippen molar-refractivity contribution in [2.75, 3.05) is 12.4 Å². The van der Waals surface area contributed by atoms with Crippen LogP contribution in [0.5, 0.6) is 11.5 Å². The predicted octanol–water partition coefficient (Wildman–Crippen LogP) is 4.76. The average Bonchev–Trinajstić information content (AvgIpc) is 3.18. The monoisotopic (exact) mass is 414 g/mol. The second kappa shape index (κ2) is 7.88. The van der Waals surface area contributed by atoms with Gasteiger partial charge in [-0.15, -0.1) is 0 Å². The van der Waals surface area contributed by atoms with E-state index in [2.05, 4.69) is 26.2 Å². The van der Waals surface area contributed by atoms with E-state index < -0.39 is 0 Å². The lowest BCUT2D eigenvalue weighted by molar-refractivity contribution is 0.0996. The van der Waals surface area contributed by atoms with Crippen LogP contribution < -0.4 is 10.1 Å². The molecule has 0 radical (unpaired) electrons. The zero-order chi connectivity index (χ0) is 18.5. The fraction of sp³-hybridized carbons (Fsp3) is 0.0526. The van der Waals surface area contributed by atoms with Crippen molar-refractivity contribution in [3.63, 3.8) is 0 Å². The van der Waals surface area contributed by atoms with Crippen LogP contribution in [0.4, 0.5) is 11.4 Å². The fourth-order valence-corrected chi connectivity index (χ4v) is 2.61. The molecule has 0 bridgehead atoms. The maximum atomic E-state index is 12.1. The quantitative estimate of drug-likeness (QED) is 0.589.